The molecule has 154 valence electrons. The molecular formula is C22H25ClN2O4. The van der Waals surface area contributed by atoms with Crippen LogP contribution in [0.2, 0.25) is 5.02 Å². The lowest BCUT2D eigenvalue weighted by molar-refractivity contribution is -0.123. The van der Waals surface area contributed by atoms with E-state index in [1.165, 1.54) is 13.2 Å². The molecular weight excluding hydrogens is 392 g/mol. The van der Waals surface area contributed by atoms with E-state index >= 15 is 0 Å². The van der Waals surface area contributed by atoms with Crippen LogP contribution in [0.3, 0.4) is 0 Å². The molecule has 0 aromatic heterocycles. The molecule has 0 bridgehead atoms. The van der Waals surface area contributed by atoms with Gasteiger partial charge in [0, 0.05) is 24.2 Å². The molecule has 7 heteroatoms. The zero-order chi connectivity index (χ0) is 21.2. The third-order valence-corrected chi connectivity index (χ3v) is 4.46. The molecule has 2 amide bonds. The summed E-state index contributed by atoms with van der Waals surface area (Å²) in [5, 5.41) is 6.14. The highest BCUT2D eigenvalue weighted by Gasteiger charge is 2.09. The summed E-state index contributed by atoms with van der Waals surface area (Å²) >= 11 is 6.09. The van der Waals surface area contributed by atoms with E-state index in [0.29, 0.717) is 29.6 Å². The molecule has 2 aromatic carbocycles. The molecule has 29 heavy (non-hydrogen) atoms. The number of carbonyl (C=O) groups excluding carboxylic acids is 2. The van der Waals surface area contributed by atoms with Crippen molar-refractivity contribution in [2.45, 2.75) is 20.4 Å². The lowest BCUT2D eigenvalue weighted by Gasteiger charge is -2.12. The average Bonchev–Trinajstić information content (AvgIpc) is 2.72. The van der Waals surface area contributed by atoms with E-state index in [4.69, 9.17) is 21.1 Å². The molecule has 0 heterocycles. The smallest absolute Gasteiger partial charge is 0.257 e. The summed E-state index contributed by atoms with van der Waals surface area (Å²) in [6, 6.07) is 10.9. The average molecular weight is 417 g/mol. The van der Waals surface area contributed by atoms with Gasteiger partial charge in [-0.2, -0.15) is 0 Å². The molecule has 0 saturated carbocycles. The van der Waals surface area contributed by atoms with Crippen molar-refractivity contribution in [2.75, 3.05) is 20.3 Å². The predicted octanol–water partition coefficient (Wildman–Crippen LogP) is 3.50. The number of halogens is 1. The normalized spacial score (nSPS) is 10.6. The van der Waals surface area contributed by atoms with E-state index in [0.717, 1.165) is 16.7 Å². The number of rotatable bonds is 9. The number of hydrogen-bond donors (Lipinski definition) is 2. The second-order valence-electron chi connectivity index (χ2n) is 6.29. The van der Waals surface area contributed by atoms with Crippen LogP contribution in [0.15, 0.2) is 42.5 Å². The van der Waals surface area contributed by atoms with Crippen LogP contribution < -0.4 is 20.1 Å². The summed E-state index contributed by atoms with van der Waals surface area (Å²) in [6.07, 6.45) is 3.17. The fourth-order valence-electron chi connectivity index (χ4n) is 2.47. The van der Waals surface area contributed by atoms with Gasteiger partial charge in [0.25, 0.3) is 5.91 Å². The molecule has 0 fully saturated rings. The third kappa shape index (κ3) is 7.16. The summed E-state index contributed by atoms with van der Waals surface area (Å²) in [7, 11) is 1.52. The maximum atomic E-state index is 12.1. The summed E-state index contributed by atoms with van der Waals surface area (Å²) < 4.78 is 10.8. The van der Waals surface area contributed by atoms with Crippen molar-refractivity contribution in [1.82, 2.24) is 10.6 Å². The second kappa shape index (κ2) is 11.1. The van der Waals surface area contributed by atoms with Crippen LogP contribution in [0.4, 0.5) is 0 Å². The SMILES string of the molecule is CCNC(=O)COc1ccc(CNC(=O)/C=C/c2ccc(C)c(Cl)c2)cc1OC. The number of benzene rings is 2. The van der Waals surface area contributed by atoms with Gasteiger partial charge in [0.05, 0.1) is 7.11 Å². The summed E-state index contributed by atoms with van der Waals surface area (Å²) in [4.78, 5) is 23.6. The first-order chi connectivity index (χ1) is 13.9. The van der Waals surface area contributed by atoms with E-state index in [1.807, 2.05) is 32.0 Å². The molecule has 2 aromatic rings. The number of carbonyl (C=O) groups is 2. The van der Waals surface area contributed by atoms with Gasteiger partial charge in [-0.25, -0.2) is 0 Å². The highest BCUT2D eigenvalue weighted by Crippen LogP contribution is 2.28. The molecule has 0 radical (unpaired) electrons. The first-order valence-corrected chi connectivity index (χ1v) is 9.59. The quantitative estimate of drug-likeness (QED) is 0.613. The van der Waals surface area contributed by atoms with E-state index in [-0.39, 0.29) is 18.4 Å². The molecule has 0 atom stereocenters. The first kappa shape index (κ1) is 22.3. The monoisotopic (exact) mass is 416 g/mol. The standard InChI is InChI=1S/C22H25ClN2O4/c1-4-24-22(27)14-29-19-9-7-17(12-20(19)28-3)13-25-21(26)10-8-16-6-5-15(2)18(23)11-16/h5-12H,4,13-14H2,1-3H3,(H,24,27)(H,25,26)/b10-8+. The Morgan fingerprint density at radius 2 is 1.90 bits per heavy atom. The van der Waals surface area contributed by atoms with Crippen LogP contribution in [0.25, 0.3) is 6.08 Å². The molecule has 0 saturated heterocycles. The van der Waals surface area contributed by atoms with Crippen molar-refractivity contribution in [1.29, 1.82) is 0 Å². The Hall–Kier alpha value is -2.99. The van der Waals surface area contributed by atoms with E-state index in [9.17, 15) is 9.59 Å². The number of nitrogens with one attached hydrogen (secondary N) is 2. The fraction of sp³-hybridized carbons (Fsp3) is 0.273. The minimum atomic E-state index is -0.225. The highest BCUT2D eigenvalue weighted by molar-refractivity contribution is 6.31. The number of ether oxygens (including phenoxy) is 2. The Balaban J connectivity index is 1.92. The zero-order valence-electron chi connectivity index (χ0n) is 16.8. The minimum Gasteiger partial charge on any atom is -0.493 e. The lowest BCUT2D eigenvalue weighted by Crippen LogP contribution is -2.28. The van der Waals surface area contributed by atoms with Crippen LogP contribution in [-0.2, 0) is 16.1 Å². The minimum absolute atomic E-state index is 0.0892. The predicted molar refractivity (Wildman–Crippen MR) is 114 cm³/mol. The van der Waals surface area contributed by atoms with Crippen LogP contribution in [0, 0.1) is 6.92 Å². The van der Waals surface area contributed by atoms with Crippen LogP contribution in [-0.4, -0.2) is 32.1 Å². The Labute approximate surface area is 175 Å². The second-order valence-corrected chi connectivity index (χ2v) is 6.69. The first-order valence-electron chi connectivity index (χ1n) is 9.21. The molecule has 0 aliphatic rings. The molecule has 2 N–H and O–H groups in total. The Morgan fingerprint density at radius 1 is 1.10 bits per heavy atom. The van der Waals surface area contributed by atoms with Gasteiger partial charge in [-0.1, -0.05) is 29.8 Å². The summed E-state index contributed by atoms with van der Waals surface area (Å²) in [6.45, 7) is 4.54. The lowest BCUT2D eigenvalue weighted by atomic mass is 10.1. The fourth-order valence-corrected chi connectivity index (χ4v) is 2.65. The Morgan fingerprint density at radius 3 is 2.59 bits per heavy atom. The molecule has 0 aliphatic carbocycles. The number of methoxy groups -OCH3 is 1. The third-order valence-electron chi connectivity index (χ3n) is 4.05. The number of hydrogen-bond acceptors (Lipinski definition) is 4. The highest BCUT2D eigenvalue weighted by atomic mass is 35.5. The van der Waals surface area contributed by atoms with Crippen molar-refractivity contribution in [2.24, 2.45) is 0 Å². The van der Waals surface area contributed by atoms with Gasteiger partial charge in [-0.15, -0.1) is 0 Å². The van der Waals surface area contributed by atoms with Crippen molar-refractivity contribution >= 4 is 29.5 Å². The van der Waals surface area contributed by atoms with Gasteiger partial charge >= 0.3 is 0 Å². The van der Waals surface area contributed by atoms with Gasteiger partial charge in [0.15, 0.2) is 18.1 Å². The van der Waals surface area contributed by atoms with Crippen LogP contribution >= 0.6 is 11.6 Å². The van der Waals surface area contributed by atoms with E-state index in [2.05, 4.69) is 10.6 Å². The maximum Gasteiger partial charge on any atom is 0.257 e. The number of aryl methyl sites for hydroxylation is 1. The van der Waals surface area contributed by atoms with Crippen LogP contribution in [0.1, 0.15) is 23.6 Å². The van der Waals surface area contributed by atoms with Gasteiger partial charge < -0.3 is 20.1 Å². The zero-order valence-corrected chi connectivity index (χ0v) is 17.5. The van der Waals surface area contributed by atoms with Crippen molar-refractivity contribution in [3.05, 3.63) is 64.2 Å². The largest absolute Gasteiger partial charge is 0.493 e. The van der Waals surface area contributed by atoms with Crippen molar-refractivity contribution in [3.63, 3.8) is 0 Å². The topological polar surface area (TPSA) is 76.7 Å². The van der Waals surface area contributed by atoms with Gasteiger partial charge in [0.1, 0.15) is 0 Å². The molecule has 6 nitrogen and oxygen atoms in total. The van der Waals surface area contributed by atoms with Crippen LogP contribution in [0.5, 0.6) is 11.5 Å². The van der Waals surface area contributed by atoms with Gasteiger partial charge in [-0.05, 0) is 54.8 Å². The van der Waals surface area contributed by atoms with E-state index in [1.54, 1.807) is 24.3 Å². The molecule has 2 rings (SSSR count). The molecule has 0 aliphatic heterocycles. The number of amides is 2. The Bertz CT molecular complexity index is 896. The Kier molecular flexibility index (Phi) is 8.55. The van der Waals surface area contributed by atoms with Crippen molar-refractivity contribution in [3.8, 4) is 11.5 Å². The summed E-state index contributed by atoms with van der Waals surface area (Å²) in [5.41, 5.74) is 2.68. The maximum absolute atomic E-state index is 12.1. The van der Waals surface area contributed by atoms with E-state index < -0.39 is 0 Å². The number of likely N-dealkylation sites (N-methyl/N-ethyl adjacent to an activating group) is 1. The van der Waals surface area contributed by atoms with Gasteiger partial charge in [0.2, 0.25) is 5.91 Å². The van der Waals surface area contributed by atoms with Crippen molar-refractivity contribution < 1.29 is 19.1 Å². The molecule has 0 spiro atoms. The molecule has 0 unspecified atom stereocenters. The van der Waals surface area contributed by atoms with Gasteiger partial charge in [-0.3, -0.25) is 9.59 Å². The summed E-state index contributed by atoms with van der Waals surface area (Å²) in [5.74, 6) is 0.528.